The van der Waals surface area contributed by atoms with Gasteiger partial charge >= 0.3 is 0 Å². The van der Waals surface area contributed by atoms with Crippen LogP contribution >= 0.6 is 15.9 Å². The number of carbonyl (C=O) groups excluding carboxylic acids is 2. The van der Waals surface area contributed by atoms with Crippen LogP contribution in [0.4, 0.5) is 5.69 Å². The smallest absolute Gasteiger partial charge is 0.257 e. The molecule has 0 unspecified atom stereocenters. The first-order chi connectivity index (χ1) is 13.0. The van der Waals surface area contributed by atoms with Gasteiger partial charge in [-0.1, -0.05) is 34.1 Å². The van der Waals surface area contributed by atoms with Gasteiger partial charge in [0.15, 0.2) is 6.61 Å². The van der Waals surface area contributed by atoms with E-state index in [-0.39, 0.29) is 31.4 Å². The lowest BCUT2D eigenvalue weighted by molar-refractivity contribution is -0.123. The molecule has 2 aromatic rings. The Balaban J connectivity index is 1.68. The van der Waals surface area contributed by atoms with E-state index in [4.69, 9.17) is 10.00 Å². The van der Waals surface area contributed by atoms with E-state index in [9.17, 15) is 9.59 Å². The maximum atomic E-state index is 12.0. The summed E-state index contributed by atoms with van der Waals surface area (Å²) in [5.74, 6) is 0.0720. The van der Waals surface area contributed by atoms with Gasteiger partial charge in [-0.05, 0) is 42.3 Å². The molecule has 7 heteroatoms. The van der Waals surface area contributed by atoms with Crippen molar-refractivity contribution in [2.45, 2.75) is 19.8 Å². The van der Waals surface area contributed by atoms with Gasteiger partial charge in [0, 0.05) is 23.1 Å². The van der Waals surface area contributed by atoms with Gasteiger partial charge in [-0.3, -0.25) is 9.59 Å². The molecule has 0 bridgehead atoms. The monoisotopic (exact) mass is 429 g/mol. The number of anilines is 1. The van der Waals surface area contributed by atoms with Crippen molar-refractivity contribution >= 4 is 33.4 Å². The quantitative estimate of drug-likeness (QED) is 0.672. The Bertz CT molecular complexity index is 845. The lowest BCUT2D eigenvalue weighted by atomic mass is 10.2. The van der Waals surface area contributed by atoms with Gasteiger partial charge in [0.25, 0.3) is 5.91 Å². The molecule has 0 aliphatic heterocycles. The Morgan fingerprint density at radius 1 is 1.15 bits per heavy atom. The highest BCUT2D eigenvalue weighted by molar-refractivity contribution is 9.10. The van der Waals surface area contributed by atoms with E-state index in [0.717, 1.165) is 21.3 Å². The predicted molar refractivity (Wildman–Crippen MR) is 106 cm³/mol. The van der Waals surface area contributed by atoms with Crippen molar-refractivity contribution in [2.75, 3.05) is 18.5 Å². The molecule has 0 aromatic heterocycles. The summed E-state index contributed by atoms with van der Waals surface area (Å²) in [4.78, 5) is 23.8. The molecule has 0 spiro atoms. The lowest BCUT2D eigenvalue weighted by Gasteiger charge is -2.10. The molecule has 6 nitrogen and oxygen atoms in total. The van der Waals surface area contributed by atoms with Crippen molar-refractivity contribution in [2.24, 2.45) is 0 Å². The van der Waals surface area contributed by atoms with Gasteiger partial charge in [0.2, 0.25) is 5.91 Å². The highest BCUT2D eigenvalue weighted by Crippen LogP contribution is 2.20. The number of nitriles is 1. The number of nitrogens with one attached hydrogen (secondary N) is 2. The topological polar surface area (TPSA) is 91.2 Å². The fourth-order valence-corrected chi connectivity index (χ4v) is 2.61. The van der Waals surface area contributed by atoms with Gasteiger partial charge in [-0.25, -0.2) is 0 Å². The lowest BCUT2D eigenvalue weighted by Crippen LogP contribution is -2.31. The van der Waals surface area contributed by atoms with Crippen LogP contribution < -0.4 is 15.4 Å². The maximum absolute atomic E-state index is 12.0. The minimum Gasteiger partial charge on any atom is -0.484 e. The second-order valence-electron chi connectivity index (χ2n) is 5.87. The third kappa shape index (κ3) is 7.12. The van der Waals surface area contributed by atoms with Crippen molar-refractivity contribution in [3.8, 4) is 11.8 Å². The van der Waals surface area contributed by atoms with Gasteiger partial charge < -0.3 is 15.4 Å². The third-order valence-electron chi connectivity index (χ3n) is 3.72. The van der Waals surface area contributed by atoms with Gasteiger partial charge in [0.1, 0.15) is 5.75 Å². The Labute approximate surface area is 166 Å². The molecule has 0 fully saturated rings. The van der Waals surface area contributed by atoms with Crippen LogP contribution in [0.3, 0.4) is 0 Å². The number of rotatable bonds is 8. The van der Waals surface area contributed by atoms with Gasteiger partial charge in [-0.15, -0.1) is 0 Å². The number of hydrogen-bond acceptors (Lipinski definition) is 4. The molecular formula is C20H20BrN3O3. The van der Waals surface area contributed by atoms with Crippen molar-refractivity contribution in [1.29, 1.82) is 5.26 Å². The average molecular weight is 430 g/mol. The summed E-state index contributed by atoms with van der Waals surface area (Å²) in [5.41, 5.74) is 2.59. The summed E-state index contributed by atoms with van der Waals surface area (Å²) < 4.78 is 6.27. The van der Waals surface area contributed by atoms with Gasteiger partial charge in [-0.2, -0.15) is 5.26 Å². The average Bonchev–Trinajstić information content (AvgIpc) is 2.64. The fraction of sp³-hybridized carbons (Fsp3) is 0.250. The van der Waals surface area contributed by atoms with E-state index < -0.39 is 0 Å². The summed E-state index contributed by atoms with van der Waals surface area (Å²) >= 11 is 3.37. The number of ether oxygens (including phenoxy) is 1. The molecule has 2 rings (SSSR count). The molecule has 0 saturated carbocycles. The fourth-order valence-electron chi connectivity index (χ4n) is 2.25. The molecule has 0 aliphatic carbocycles. The number of nitrogens with zero attached hydrogens (tertiary/aromatic N) is 1. The standard InChI is InChI=1S/C20H20BrN3O3/c1-14-2-5-16(21)12-18(14)24-19(25)9-11-23-20(26)13-27-17-6-3-15(4-7-17)8-10-22/h2-7,12H,8-9,11,13H2,1H3,(H,23,26)(H,24,25). The molecule has 2 aromatic carbocycles. The van der Waals surface area contributed by atoms with Crippen molar-refractivity contribution in [1.82, 2.24) is 5.32 Å². The molecule has 27 heavy (non-hydrogen) atoms. The van der Waals surface area contributed by atoms with Crippen molar-refractivity contribution < 1.29 is 14.3 Å². The van der Waals surface area contributed by atoms with Crippen molar-refractivity contribution in [3.63, 3.8) is 0 Å². The first kappa shape index (κ1) is 20.5. The molecule has 0 atom stereocenters. The van der Waals surface area contributed by atoms with Crippen LogP contribution in [0.25, 0.3) is 0 Å². The molecule has 0 heterocycles. The van der Waals surface area contributed by atoms with E-state index in [2.05, 4.69) is 32.6 Å². The van der Waals surface area contributed by atoms with E-state index in [1.54, 1.807) is 24.3 Å². The molecule has 0 radical (unpaired) electrons. The number of aryl methyl sites for hydroxylation is 1. The number of carbonyl (C=O) groups is 2. The zero-order valence-electron chi connectivity index (χ0n) is 14.9. The van der Waals surface area contributed by atoms with Crippen LogP contribution in [0.1, 0.15) is 17.5 Å². The van der Waals surface area contributed by atoms with Gasteiger partial charge in [0.05, 0.1) is 12.5 Å². The predicted octanol–water partition coefficient (Wildman–Crippen LogP) is 3.35. The van der Waals surface area contributed by atoms with E-state index >= 15 is 0 Å². The Morgan fingerprint density at radius 3 is 2.59 bits per heavy atom. The van der Waals surface area contributed by atoms with E-state index in [1.165, 1.54) is 0 Å². The third-order valence-corrected chi connectivity index (χ3v) is 4.22. The molecule has 2 N–H and O–H groups in total. The highest BCUT2D eigenvalue weighted by Gasteiger charge is 2.07. The molecule has 140 valence electrons. The zero-order chi connectivity index (χ0) is 19.6. The SMILES string of the molecule is Cc1ccc(Br)cc1NC(=O)CCNC(=O)COc1ccc(CC#N)cc1. The minimum absolute atomic E-state index is 0.135. The summed E-state index contributed by atoms with van der Waals surface area (Å²) in [6.45, 7) is 2.00. The molecule has 0 aliphatic rings. The van der Waals surface area contributed by atoms with Crippen LogP contribution in [0.2, 0.25) is 0 Å². The van der Waals surface area contributed by atoms with E-state index in [0.29, 0.717) is 12.2 Å². The van der Waals surface area contributed by atoms with Crippen LogP contribution in [0.15, 0.2) is 46.9 Å². The maximum Gasteiger partial charge on any atom is 0.257 e. The number of benzene rings is 2. The van der Waals surface area contributed by atoms with Crippen LogP contribution in [-0.2, 0) is 16.0 Å². The highest BCUT2D eigenvalue weighted by atomic mass is 79.9. The largest absolute Gasteiger partial charge is 0.484 e. The van der Waals surface area contributed by atoms with Crippen LogP contribution in [0, 0.1) is 18.3 Å². The first-order valence-corrected chi connectivity index (χ1v) is 9.18. The first-order valence-electron chi connectivity index (χ1n) is 8.39. The van der Waals surface area contributed by atoms with Crippen molar-refractivity contribution in [3.05, 3.63) is 58.1 Å². The Morgan fingerprint density at radius 2 is 1.89 bits per heavy atom. The Hall–Kier alpha value is -2.85. The second kappa shape index (κ2) is 10.3. The number of halogens is 1. The summed E-state index contributed by atoms with van der Waals surface area (Å²) in [6.07, 6.45) is 0.503. The summed E-state index contributed by atoms with van der Waals surface area (Å²) in [7, 11) is 0. The van der Waals surface area contributed by atoms with E-state index in [1.807, 2.05) is 25.1 Å². The summed E-state index contributed by atoms with van der Waals surface area (Å²) in [5, 5.41) is 14.1. The normalized spacial score (nSPS) is 9.96. The molecular weight excluding hydrogens is 410 g/mol. The molecule has 0 saturated heterocycles. The second-order valence-corrected chi connectivity index (χ2v) is 6.79. The molecule has 2 amide bonds. The number of hydrogen-bond donors (Lipinski definition) is 2. The summed E-state index contributed by atoms with van der Waals surface area (Å²) in [6, 6.07) is 14.7. The Kier molecular flexibility index (Phi) is 7.83. The van der Waals surface area contributed by atoms with Crippen LogP contribution in [-0.4, -0.2) is 25.0 Å². The zero-order valence-corrected chi connectivity index (χ0v) is 16.5. The minimum atomic E-state index is -0.303. The van der Waals surface area contributed by atoms with Crippen LogP contribution in [0.5, 0.6) is 5.75 Å². The number of amides is 2.